The minimum Gasteiger partial charge on any atom is -0.458 e. The summed E-state index contributed by atoms with van der Waals surface area (Å²) >= 11 is 6.15. The third-order valence-electron chi connectivity index (χ3n) is 6.04. The lowest BCUT2D eigenvalue weighted by Gasteiger charge is -2.33. The van der Waals surface area contributed by atoms with E-state index in [4.69, 9.17) is 25.5 Å². The second-order valence-corrected chi connectivity index (χ2v) is 10.9. The van der Waals surface area contributed by atoms with Gasteiger partial charge in [0, 0.05) is 17.1 Å². The van der Waals surface area contributed by atoms with E-state index in [1.165, 1.54) is 9.70 Å². The number of rotatable bonds is 8. The molecule has 2 aromatic heterocycles. The second kappa shape index (κ2) is 11.0. The number of hydrogen-bond donors (Lipinski definition) is 1. The van der Waals surface area contributed by atoms with Crippen molar-refractivity contribution >= 4 is 23.4 Å². The molecule has 0 radical (unpaired) electrons. The molecule has 12 heteroatoms. The minimum absolute atomic E-state index is 0.0965. The number of nitrogens with one attached hydrogen (secondary N) is 1. The second-order valence-electron chi connectivity index (χ2n) is 10.5. The number of amides is 2. The van der Waals surface area contributed by atoms with Crippen LogP contribution in [0.15, 0.2) is 59.0 Å². The van der Waals surface area contributed by atoms with Crippen LogP contribution in [0.2, 0.25) is 5.02 Å². The van der Waals surface area contributed by atoms with Gasteiger partial charge >= 0.3 is 0 Å². The third kappa shape index (κ3) is 6.26. The van der Waals surface area contributed by atoms with Crippen molar-refractivity contribution in [2.45, 2.75) is 52.4 Å². The van der Waals surface area contributed by atoms with E-state index in [2.05, 4.69) is 20.7 Å². The van der Waals surface area contributed by atoms with Crippen LogP contribution in [0.4, 0.5) is 0 Å². The highest BCUT2D eigenvalue weighted by Gasteiger charge is 2.34. The normalized spacial score (nSPS) is 13.2. The van der Waals surface area contributed by atoms with Crippen LogP contribution in [0.3, 0.4) is 0 Å². The van der Waals surface area contributed by atoms with Crippen molar-refractivity contribution in [3.8, 4) is 23.1 Å². The molecule has 0 spiro atoms. The first-order valence-electron chi connectivity index (χ1n) is 12.7. The molecule has 0 fully saturated rings. The standard InChI is InChI=1S/C28H29ClN6O5/c1-17-5-11-22(40-17)26-31-33-35(32-26)15-24(36)34(14-18-6-12-21-23(13-18)39-16-38-21)25(27(37)30-28(2,3)4)19-7-9-20(29)10-8-19/h5-13,25H,14-16H2,1-4H3,(H,30,37)/t25-/m0/s1. The Kier molecular flexibility index (Phi) is 7.49. The smallest absolute Gasteiger partial charge is 0.247 e. The molecule has 1 aliphatic rings. The zero-order valence-electron chi connectivity index (χ0n) is 22.6. The molecular weight excluding hydrogens is 536 g/mol. The van der Waals surface area contributed by atoms with Crippen LogP contribution in [0.1, 0.15) is 43.7 Å². The number of tetrazole rings is 1. The maximum Gasteiger partial charge on any atom is 0.247 e. The highest BCUT2D eigenvalue weighted by molar-refractivity contribution is 6.30. The predicted molar refractivity (Wildman–Crippen MR) is 145 cm³/mol. The molecular formula is C28H29ClN6O5. The average Bonchev–Trinajstić information content (AvgIpc) is 3.64. The number of carbonyl (C=O) groups is 2. The fourth-order valence-corrected chi connectivity index (χ4v) is 4.42. The van der Waals surface area contributed by atoms with Crippen molar-refractivity contribution in [3.63, 3.8) is 0 Å². The van der Waals surface area contributed by atoms with Crippen molar-refractivity contribution < 1.29 is 23.5 Å². The molecule has 0 aliphatic carbocycles. The molecule has 3 heterocycles. The Bertz CT molecular complexity index is 1520. The van der Waals surface area contributed by atoms with Gasteiger partial charge in [-0.2, -0.15) is 4.80 Å². The van der Waals surface area contributed by atoms with Gasteiger partial charge in [-0.25, -0.2) is 0 Å². The molecule has 4 aromatic rings. The molecule has 40 heavy (non-hydrogen) atoms. The monoisotopic (exact) mass is 564 g/mol. The van der Waals surface area contributed by atoms with E-state index >= 15 is 0 Å². The number of benzene rings is 2. The summed E-state index contributed by atoms with van der Waals surface area (Å²) in [7, 11) is 0. The van der Waals surface area contributed by atoms with E-state index in [-0.39, 0.29) is 31.6 Å². The van der Waals surface area contributed by atoms with Crippen LogP contribution in [-0.2, 0) is 22.7 Å². The molecule has 0 bridgehead atoms. The Morgan fingerprint density at radius 1 is 1.07 bits per heavy atom. The Morgan fingerprint density at radius 3 is 2.52 bits per heavy atom. The zero-order valence-corrected chi connectivity index (χ0v) is 23.3. The number of aryl methyl sites for hydroxylation is 1. The molecule has 208 valence electrons. The fourth-order valence-electron chi connectivity index (χ4n) is 4.29. The summed E-state index contributed by atoms with van der Waals surface area (Å²) in [4.78, 5) is 30.4. The molecule has 1 aliphatic heterocycles. The number of nitrogens with zero attached hydrogens (tertiary/aromatic N) is 5. The van der Waals surface area contributed by atoms with Gasteiger partial charge in [0.25, 0.3) is 0 Å². The summed E-state index contributed by atoms with van der Waals surface area (Å²) in [5.74, 6) is 1.84. The van der Waals surface area contributed by atoms with Gasteiger partial charge in [-0.15, -0.1) is 10.2 Å². The van der Waals surface area contributed by atoms with Gasteiger partial charge in [-0.05, 0) is 80.4 Å². The summed E-state index contributed by atoms with van der Waals surface area (Å²) in [5.41, 5.74) is 0.802. The summed E-state index contributed by atoms with van der Waals surface area (Å²) in [5, 5.41) is 15.9. The van der Waals surface area contributed by atoms with Crippen molar-refractivity contribution in [2.75, 3.05) is 6.79 Å². The van der Waals surface area contributed by atoms with Crippen LogP contribution in [0.25, 0.3) is 11.6 Å². The quantitative estimate of drug-likeness (QED) is 0.336. The van der Waals surface area contributed by atoms with Crippen molar-refractivity contribution in [3.05, 3.63) is 76.5 Å². The molecule has 1 atom stereocenters. The first kappa shape index (κ1) is 27.2. The Morgan fingerprint density at radius 2 is 1.82 bits per heavy atom. The number of hydrogen-bond acceptors (Lipinski definition) is 8. The number of carbonyl (C=O) groups excluding carboxylic acids is 2. The van der Waals surface area contributed by atoms with E-state index in [1.54, 1.807) is 48.5 Å². The van der Waals surface area contributed by atoms with E-state index < -0.39 is 17.5 Å². The van der Waals surface area contributed by atoms with Gasteiger partial charge in [0.05, 0.1) is 0 Å². The average molecular weight is 565 g/mol. The summed E-state index contributed by atoms with van der Waals surface area (Å²) in [6.45, 7) is 7.41. The first-order valence-corrected chi connectivity index (χ1v) is 13.0. The lowest BCUT2D eigenvalue weighted by molar-refractivity contribution is -0.143. The highest BCUT2D eigenvalue weighted by atomic mass is 35.5. The molecule has 0 saturated carbocycles. The third-order valence-corrected chi connectivity index (χ3v) is 6.30. The Hall–Kier alpha value is -4.38. The van der Waals surface area contributed by atoms with E-state index in [9.17, 15) is 9.59 Å². The number of halogens is 1. The largest absolute Gasteiger partial charge is 0.458 e. The van der Waals surface area contributed by atoms with E-state index in [1.807, 2.05) is 33.8 Å². The summed E-state index contributed by atoms with van der Waals surface area (Å²) in [6, 6.07) is 14.8. The van der Waals surface area contributed by atoms with Crippen LogP contribution >= 0.6 is 11.6 Å². The lowest BCUT2D eigenvalue weighted by Crippen LogP contribution is -2.49. The molecule has 2 aromatic carbocycles. The fraction of sp³-hybridized carbons (Fsp3) is 0.321. The number of ether oxygens (including phenoxy) is 2. The van der Waals surface area contributed by atoms with Gasteiger partial charge in [0.15, 0.2) is 17.3 Å². The van der Waals surface area contributed by atoms with E-state index in [0.717, 1.165) is 5.56 Å². The maximum absolute atomic E-state index is 14.0. The summed E-state index contributed by atoms with van der Waals surface area (Å²) < 4.78 is 16.5. The predicted octanol–water partition coefficient (Wildman–Crippen LogP) is 4.31. The topological polar surface area (TPSA) is 125 Å². The van der Waals surface area contributed by atoms with Crippen LogP contribution in [0.5, 0.6) is 11.5 Å². The zero-order chi connectivity index (χ0) is 28.4. The van der Waals surface area contributed by atoms with Gasteiger partial charge in [-0.1, -0.05) is 29.8 Å². The maximum atomic E-state index is 14.0. The highest BCUT2D eigenvalue weighted by Crippen LogP contribution is 2.34. The van der Waals surface area contributed by atoms with Gasteiger partial charge in [0.2, 0.25) is 24.4 Å². The molecule has 5 rings (SSSR count). The molecule has 0 saturated heterocycles. The lowest BCUT2D eigenvalue weighted by atomic mass is 10.0. The van der Waals surface area contributed by atoms with Crippen molar-refractivity contribution in [2.24, 2.45) is 0 Å². The van der Waals surface area contributed by atoms with Crippen molar-refractivity contribution in [1.29, 1.82) is 0 Å². The molecule has 0 unspecified atom stereocenters. The minimum atomic E-state index is -0.981. The molecule has 1 N–H and O–H groups in total. The Balaban J connectivity index is 1.50. The molecule has 2 amide bonds. The first-order chi connectivity index (χ1) is 19.1. The van der Waals surface area contributed by atoms with Gasteiger partial charge in [0.1, 0.15) is 18.3 Å². The SMILES string of the molecule is Cc1ccc(-c2nnn(CC(=O)N(Cc3ccc4c(c3)OCO4)[C@H](C(=O)NC(C)(C)C)c3ccc(Cl)cc3)n2)o1. The van der Waals surface area contributed by atoms with Gasteiger partial charge < -0.3 is 24.1 Å². The summed E-state index contributed by atoms with van der Waals surface area (Å²) in [6.07, 6.45) is 0. The van der Waals surface area contributed by atoms with Crippen LogP contribution < -0.4 is 14.8 Å². The van der Waals surface area contributed by atoms with E-state index in [0.29, 0.717) is 33.6 Å². The molecule has 11 nitrogen and oxygen atoms in total. The number of aromatic nitrogens is 4. The van der Waals surface area contributed by atoms with Crippen LogP contribution in [-0.4, -0.2) is 49.3 Å². The number of furan rings is 1. The van der Waals surface area contributed by atoms with Crippen LogP contribution in [0, 0.1) is 6.92 Å². The van der Waals surface area contributed by atoms with Gasteiger partial charge in [-0.3, -0.25) is 9.59 Å². The Labute approximate surface area is 236 Å². The number of fused-ring (bicyclic) bond motifs is 1. The van der Waals surface area contributed by atoms with Crippen molar-refractivity contribution in [1.82, 2.24) is 30.4 Å².